The Balaban J connectivity index is 1.34. The molecule has 1 N–H and O–H groups in total. The van der Waals surface area contributed by atoms with E-state index in [4.69, 9.17) is 0 Å². The van der Waals surface area contributed by atoms with Crippen LogP contribution in [0.5, 0.6) is 0 Å². The molecule has 3 aromatic carbocycles. The molecule has 1 aliphatic rings. The van der Waals surface area contributed by atoms with E-state index >= 15 is 0 Å². The van der Waals surface area contributed by atoms with Gasteiger partial charge in [-0.25, -0.2) is 0 Å². The van der Waals surface area contributed by atoms with Crippen LogP contribution in [0.2, 0.25) is 0 Å². The van der Waals surface area contributed by atoms with E-state index < -0.39 is 0 Å². The molecule has 0 aliphatic carbocycles. The normalized spacial score (nSPS) is 13.8. The van der Waals surface area contributed by atoms with Gasteiger partial charge >= 0.3 is 0 Å². The Morgan fingerprint density at radius 1 is 0.767 bits per heavy atom. The molecule has 5 heteroatoms. The topological polar surface area (TPSA) is 52.6 Å². The zero-order chi connectivity index (χ0) is 20.9. The smallest absolute Gasteiger partial charge is 0.255 e. The average molecular weight is 399 g/mol. The van der Waals surface area contributed by atoms with Gasteiger partial charge in [-0.3, -0.25) is 9.59 Å². The van der Waals surface area contributed by atoms with Gasteiger partial charge in [-0.05, 0) is 61.0 Å². The number of hydrogen-bond acceptors (Lipinski definition) is 3. The van der Waals surface area contributed by atoms with Crippen LogP contribution in [0.4, 0.5) is 11.4 Å². The van der Waals surface area contributed by atoms with Crippen LogP contribution in [0.25, 0.3) is 0 Å². The number of carbonyl (C=O) groups excluding carboxylic acids is 2. The molecule has 0 atom stereocenters. The first-order chi connectivity index (χ1) is 14.6. The van der Waals surface area contributed by atoms with Gasteiger partial charge in [0.05, 0.1) is 0 Å². The van der Waals surface area contributed by atoms with Crippen LogP contribution in [0.1, 0.15) is 26.3 Å². The molecular formula is C25H25N3O2. The summed E-state index contributed by atoms with van der Waals surface area (Å²) in [5.74, 6) is -0.137. The van der Waals surface area contributed by atoms with Crippen LogP contribution < -0.4 is 10.2 Å². The van der Waals surface area contributed by atoms with Crippen LogP contribution >= 0.6 is 0 Å². The third-order valence-corrected chi connectivity index (χ3v) is 5.36. The maximum absolute atomic E-state index is 12.9. The summed E-state index contributed by atoms with van der Waals surface area (Å²) in [4.78, 5) is 29.3. The highest BCUT2D eigenvalue weighted by Gasteiger charge is 2.22. The van der Waals surface area contributed by atoms with Crippen molar-refractivity contribution in [3.8, 4) is 0 Å². The standard InChI is InChI=1S/C25H25N3O2/c1-19-6-5-9-23(18-19)27-14-16-28(17-15-27)25(30)21-10-12-22(13-11-21)26-24(29)20-7-3-2-4-8-20/h2-13,18H,14-17H2,1H3,(H,26,29). The van der Waals surface area contributed by atoms with Crippen molar-refractivity contribution in [3.63, 3.8) is 0 Å². The number of carbonyl (C=O) groups is 2. The lowest BCUT2D eigenvalue weighted by Gasteiger charge is -2.36. The summed E-state index contributed by atoms with van der Waals surface area (Å²) < 4.78 is 0. The van der Waals surface area contributed by atoms with E-state index in [9.17, 15) is 9.59 Å². The van der Waals surface area contributed by atoms with Crippen molar-refractivity contribution in [2.75, 3.05) is 36.4 Å². The summed E-state index contributed by atoms with van der Waals surface area (Å²) >= 11 is 0. The molecule has 0 bridgehead atoms. The van der Waals surface area contributed by atoms with Gasteiger partial charge in [-0.15, -0.1) is 0 Å². The van der Waals surface area contributed by atoms with Gasteiger partial charge in [0.25, 0.3) is 11.8 Å². The number of benzene rings is 3. The average Bonchev–Trinajstić information content (AvgIpc) is 2.80. The first-order valence-electron chi connectivity index (χ1n) is 10.2. The molecule has 4 rings (SSSR count). The van der Waals surface area contributed by atoms with Gasteiger partial charge < -0.3 is 15.1 Å². The van der Waals surface area contributed by atoms with E-state index in [2.05, 4.69) is 41.4 Å². The number of nitrogens with one attached hydrogen (secondary N) is 1. The molecule has 152 valence electrons. The molecule has 0 saturated carbocycles. The summed E-state index contributed by atoms with van der Waals surface area (Å²) in [6.45, 7) is 5.12. The van der Waals surface area contributed by atoms with Crippen molar-refractivity contribution in [1.29, 1.82) is 0 Å². The molecule has 1 heterocycles. The van der Waals surface area contributed by atoms with E-state index in [1.807, 2.05) is 23.1 Å². The maximum Gasteiger partial charge on any atom is 0.255 e. The van der Waals surface area contributed by atoms with Gasteiger partial charge in [0.2, 0.25) is 0 Å². The van der Waals surface area contributed by atoms with Crippen molar-refractivity contribution < 1.29 is 9.59 Å². The summed E-state index contributed by atoms with van der Waals surface area (Å²) in [6, 6.07) is 24.6. The molecule has 1 fully saturated rings. The second kappa shape index (κ2) is 8.82. The second-order valence-electron chi connectivity index (χ2n) is 7.52. The predicted octanol–water partition coefficient (Wildman–Crippen LogP) is 4.21. The van der Waals surface area contributed by atoms with E-state index in [0.717, 1.165) is 13.1 Å². The highest BCUT2D eigenvalue weighted by Crippen LogP contribution is 2.19. The lowest BCUT2D eigenvalue weighted by molar-refractivity contribution is 0.0746. The molecule has 5 nitrogen and oxygen atoms in total. The Kier molecular flexibility index (Phi) is 5.80. The minimum absolute atomic E-state index is 0.0276. The zero-order valence-corrected chi connectivity index (χ0v) is 17.0. The molecule has 0 aromatic heterocycles. The Morgan fingerprint density at radius 3 is 2.13 bits per heavy atom. The third kappa shape index (κ3) is 4.51. The minimum atomic E-state index is -0.165. The monoisotopic (exact) mass is 399 g/mol. The largest absolute Gasteiger partial charge is 0.368 e. The molecule has 0 spiro atoms. The molecular weight excluding hydrogens is 374 g/mol. The van der Waals surface area contributed by atoms with E-state index in [1.165, 1.54) is 11.3 Å². The Bertz CT molecular complexity index is 1020. The van der Waals surface area contributed by atoms with Crippen LogP contribution in [0, 0.1) is 6.92 Å². The lowest BCUT2D eigenvalue weighted by Crippen LogP contribution is -2.48. The SMILES string of the molecule is Cc1cccc(N2CCN(C(=O)c3ccc(NC(=O)c4ccccc4)cc3)CC2)c1. The van der Waals surface area contributed by atoms with Crippen molar-refractivity contribution in [2.45, 2.75) is 6.92 Å². The zero-order valence-electron chi connectivity index (χ0n) is 17.0. The van der Waals surface area contributed by atoms with E-state index in [-0.39, 0.29) is 11.8 Å². The number of anilines is 2. The van der Waals surface area contributed by atoms with Crippen molar-refractivity contribution in [2.24, 2.45) is 0 Å². The Hall–Kier alpha value is -3.60. The lowest BCUT2D eigenvalue weighted by atomic mass is 10.1. The highest BCUT2D eigenvalue weighted by atomic mass is 16.2. The highest BCUT2D eigenvalue weighted by molar-refractivity contribution is 6.04. The number of nitrogens with zero attached hydrogens (tertiary/aromatic N) is 2. The first-order valence-corrected chi connectivity index (χ1v) is 10.2. The number of amides is 2. The van der Waals surface area contributed by atoms with Crippen molar-refractivity contribution in [1.82, 2.24) is 4.90 Å². The molecule has 3 aromatic rings. The number of rotatable bonds is 4. The molecule has 0 unspecified atom stereocenters. The molecule has 1 aliphatic heterocycles. The van der Waals surface area contributed by atoms with E-state index in [0.29, 0.717) is 29.9 Å². The van der Waals surface area contributed by atoms with Crippen molar-refractivity contribution >= 4 is 23.2 Å². The summed E-state index contributed by atoms with van der Waals surface area (Å²) in [5.41, 5.74) is 4.36. The van der Waals surface area contributed by atoms with Gasteiger partial charge in [-0.2, -0.15) is 0 Å². The fourth-order valence-electron chi connectivity index (χ4n) is 3.66. The summed E-state index contributed by atoms with van der Waals surface area (Å²) in [5, 5.41) is 2.86. The minimum Gasteiger partial charge on any atom is -0.368 e. The van der Waals surface area contributed by atoms with Gasteiger partial charge in [0.1, 0.15) is 0 Å². The maximum atomic E-state index is 12.9. The quantitative estimate of drug-likeness (QED) is 0.715. The predicted molar refractivity (Wildman–Crippen MR) is 120 cm³/mol. The van der Waals surface area contributed by atoms with Gasteiger partial charge in [-0.1, -0.05) is 30.3 Å². The fourth-order valence-corrected chi connectivity index (χ4v) is 3.66. The number of piperazine rings is 1. The van der Waals surface area contributed by atoms with Crippen LogP contribution in [0.3, 0.4) is 0 Å². The molecule has 1 saturated heterocycles. The fraction of sp³-hybridized carbons (Fsp3) is 0.200. The second-order valence-corrected chi connectivity index (χ2v) is 7.52. The van der Waals surface area contributed by atoms with E-state index in [1.54, 1.807) is 36.4 Å². The Morgan fingerprint density at radius 2 is 1.47 bits per heavy atom. The molecule has 30 heavy (non-hydrogen) atoms. The van der Waals surface area contributed by atoms with Crippen LogP contribution in [-0.2, 0) is 0 Å². The number of aryl methyl sites for hydroxylation is 1. The summed E-state index contributed by atoms with van der Waals surface area (Å²) in [6.07, 6.45) is 0. The van der Waals surface area contributed by atoms with Crippen molar-refractivity contribution in [3.05, 3.63) is 95.6 Å². The third-order valence-electron chi connectivity index (χ3n) is 5.36. The first kappa shape index (κ1) is 19.7. The van der Waals surface area contributed by atoms with Crippen LogP contribution in [0.15, 0.2) is 78.9 Å². The summed E-state index contributed by atoms with van der Waals surface area (Å²) in [7, 11) is 0. The molecule has 2 amide bonds. The Labute approximate surface area is 176 Å². The van der Waals surface area contributed by atoms with Crippen LogP contribution in [-0.4, -0.2) is 42.9 Å². The molecule has 0 radical (unpaired) electrons. The van der Waals surface area contributed by atoms with Gasteiger partial charge in [0, 0.05) is 48.7 Å². The number of hydrogen-bond donors (Lipinski definition) is 1. The van der Waals surface area contributed by atoms with Gasteiger partial charge in [0.15, 0.2) is 0 Å².